The molecule has 0 heterocycles. The molecule has 0 aromatic heterocycles. The van der Waals surface area contributed by atoms with Crippen LogP contribution in [0.25, 0.3) is 0 Å². The maximum absolute atomic E-state index is 11.2. The number of carboxylic acid groups (broad SMARTS) is 1. The fraction of sp³-hybridized carbons (Fsp3) is 0.500. The number of carbonyl (C=O) groups is 1. The molecule has 1 amide bonds. The summed E-state index contributed by atoms with van der Waals surface area (Å²) < 4.78 is 1.04. The Kier molecular flexibility index (Phi) is 5.20. The van der Waals surface area contributed by atoms with Gasteiger partial charge in [-0.3, -0.25) is 0 Å². The summed E-state index contributed by atoms with van der Waals surface area (Å²) in [7, 11) is 0. The zero-order chi connectivity index (χ0) is 13.8. The summed E-state index contributed by atoms with van der Waals surface area (Å²) in [6, 6.07) is 7.98. The van der Waals surface area contributed by atoms with Crippen LogP contribution in [0, 0.1) is 5.41 Å². The van der Waals surface area contributed by atoms with Crippen LogP contribution < -0.4 is 0 Å². The van der Waals surface area contributed by atoms with Crippen LogP contribution in [-0.2, 0) is 6.42 Å². The molecule has 0 bridgehead atoms. The van der Waals surface area contributed by atoms with Gasteiger partial charge in [-0.1, -0.05) is 48.8 Å². The first-order valence-electron chi connectivity index (χ1n) is 6.00. The number of amides is 1. The van der Waals surface area contributed by atoms with Crippen molar-refractivity contribution in [3.63, 3.8) is 0 Å². The Bertz CT molecular complexity index is 395. The van der Waals surface area contributed by atoms with Gasteiger partial charge in [-0.05, 0) is 29.5 Å². The lowest BCUT2D eigenvalue weighted by molar-refractivity contribution is 0.127. The van der Waals surface area contributed by atoms with Gasteiger partial charge in [0.15, 0.2) is 0 Å². The van der Waals surface area contributed by atoms with E-state index in [4.69, 9.17) is 0 Å². The van der Waals surface area contributed by atoms with Gasteiger partial charge in [-0.25, -0.2) is 4.79 Å². The van der Waals surface area contributed by atoms with E-state index in [1.807, 2.05) is 45.0 Å². The molecule has 0 saturated heterocycles. The Morgan fingerprint density at radius 3 is 2.28 bits per heavy atom. The predicted octanol–water partition coefficient (Wildman–Crippen LogP) is 4.02. The van der Waals surface area contributed by atoms with Crippen molar-refractivity contribution in [3.8, 4) is 0 Å². The van der Waals surface area contributed by atoms with E-state index in [0.717, 1.165) is 16.5 Å². The maximum atomic E-state index is 11.2. The van der Waals surface area contributed by atoms with Crippen molar-refractivity contribution in [1.29, 1.82) is 0 Å². The second kappa shape index (κ2) is 6.23. The normalized spacial score (nSPS) is 11.3. The second-order valence-electron chi connectivity index (χ2n) is 5.64. The first-order valence-corrected chi connectivity index (χ1v) is 6.79. The third kappa shape index (κ3) is 5.54. The highest BCUT2D eigenvalue weighted by molar-refractivity contribution is 9.10. The van der Waals surface area contributed by atoms with Gasteiger partial charge in [-0.15, -0.1) is 0 Å². The molecule has 4 heteroatoms. The van der Waals surface area contributed by atoms with E-state index in [2.05, 4.69) is 15.9 Å². The van der Waals surface area contributed by atoms with Crippen LogP contribution >= 0.6 is 15.9 Å². The minimum absolute atomic E-state index is 0.0158. The third-order valence-corrected chi connectivity index (χ3v) is 3.05. The van der Waals surface area contributed by atoms with Gasteiger partial charge < -0.3 is 10.0 Å². The molecule has 0 unspecified atom stereocenters. The Morgan fingerprint density at radius 2 is 1.83 bits per heavy atom. The zero-order valence-electron chi connectivity index (χ0n) is 11.1. The summed E-state index contributed by atoms with van der Waals surface area (Å²) in [5, 5.41) is 9.18. The van der Waals surface area contributed by atoms with Crippen molar-refractivity contribution in [2.45, 2.75) is 27.2 Å². The molecule has 0 radical (unpaired) electrons. The predicted molar refractivity (Wildman–Crippen MR) is 76.9 cm³/mol. The molecule has 0 aliphatic carbocycles. The van der Waals surface area contributed by atoms with Crippen LogP contribution in [0.15, 0.2) is 28.7 Å². The van der Waals surface area contributed by atoms with E-state index in [1.54, 1.807) is 0 Å². The van der Waals surface area contributed by atoms with Crippen molar-refractivity contribution in [2.24, 2.45) is 5.41 Å². The number of hydrogen-bond acceptors (Lipinski definition) is 1. The second-order valence-corrected chi connectivity index (χ2v) is 6.56. The summed E-state index contributed by atoms with van der Waals surface area (Å²) >= 11 is 3.38. The monoisotopic (exact) mass is 313 g/mol. The Labute approximate surface area is 117 Å². The van der Waals surface area contributed by atoms with Gasteiger partial charge in [0.05, 0.1) is 0 Å². The summed E-state index contributed by atoms with van der Waals surface area (Å²) in [4.78, 5) is 12.7. The zero-order valence-corrected chi connectivity index (χ0v) is 12.7. The van der Waals surface area contributed by atoms with Gasteiger partial charge in [0.2, 0.25) is 0 Å². The van der Waals surface area contributed by atoms with Crippen molar-refractivity contribution in [1.82, 2.24) is 4.90 Å². The van der Waals surface area contributed by atoms with E-state index in [9.17, 15) is 9.90 Å². The van der Waals surface area contributed by atoms with Gasteiger partial charge >= 0.3 is 6.09 Å². The van der Waals surface area contributed by atoms with Gasteiger partial charge in [-0.2, -0.15) is 0 Å². The average molecular weight is 314 g/mol. The molecule has 0 aliphatic rings. The molecule has 0 saturated carbocycles. The highest BCUT2D eigenvalue weighted by Crippen LogP contribution is 2.16. The molecule has 1 aromatic rings. The minimum atomic E-state index is -0.845. The summed E-state index contributed by atoms with van der Waals surface area (Å²) in [5.74, 6) is 0. The van der Waals surface area contributed by atoms with Crippen molar-refractivity contribution >= 4 is 22.0 Å². The molecule has 0 aliphatic heterocycles. The summed E-state index contributed by atoms with van der Waals surface area (Å²) in [5.41, 5.74) is 1.14. The van der Waals surface area contributed by atoms with Crippen LogP contribution in [0.2, 0.25) is 0 Å². The molecule has 1 aromatic carbocycles. The number of halogens is 1. The van der Waals surface area contributed by atoms with E-state index < -0.39 is 6.09 Å². The molecule has 0 fully saturated rings. The molecule has 100 valence electrons. The number of nitrogens with zero attached hydrogens (tertiary/aromatic N) is 1. The standard InChI is InChI=1S/C14H20BrNO2/c1-14(2,3)10-16(13(17)18)9-8-11-4-6-12(15)7-5-11/h4-7H,8-10H2,1-3H3,(H,17,18). The van der Waals surface area contributed by atoms with Gasteiger partial charge in [0.1, 0.15) is 0 Å². The first kappa shape index (κ1) is 15.0. The Balaban J connectivity index is 2.57. The lowest BCUT2D eigenvalue weighted by Crippen LogP contribution is -2.38. The van der Waals surface area contributed by atoms with Crippen LogP contribution in [-0.4, -0.2) is 29.2 Å². The average Bonchev–Trinajstić information content (AvgIpc) is 2.24. The lowest BCUT2D eigenvalue weighted by Gasteiger charge is -2.27. The molecule has 0 atom stereocenters. The molecule has 1 N–H and O–H groups in total. The number of hydrogen-bond donors (Lipinski definition) is 1. The first-order chi connectivity index (χ1) is 8.28. The van der Waals surface area contributed by atoms with Crippen LogP contribution in [0.1, 0.15) is 26.3 Å². The van der Waals surface area contributed by atoms with E-state index in [0.29, 0.717) is 13.1 Å². The highest BCUT2D eigenvalue weighted by atomic mass is 79.9. The lowest BCUT2D eigenvalue weighted by atomic mass is 9.96. The van der Waals surface area contributed by atoms with Crippen molar-refractivity contribution < 1.29 is 9.90 Å². The van der Waals surface area contributed by atoms with E-state index in [-0.39, 0.29) is 5.41 Å². The largest absolute Gasteiger partial charge is 0.465 e. The quantitative estimate of drug-likeness (QED) is 0.912. The maximum Gasteiger partial charge on any atom is 0.407 e. The topological polar surface area (TPSA) is 40.5 Å². The molecule has 1 rings (SSSR count). The third-order valence-electron chi connectivity index (χ3n) is 2.52. The Morgan fingerprint density at radius 1 is 1.28 bits per heavy atom. The molecule has 3 nitrogen and oxygen atoms in total. The number of benzene rings is 1. The minimum Gasteiger partial charge on any atom is -0.465 e. The van der Waals surface area contributed by atoms with Crippen LogP contribution in [0.5, 0.6) is 0 Å². The molecule has 18 heavy (non-hydrogen) atoms. The van der Waals surface area contributed by atoms with Gasteiger partial charge in [0.25, 0.3) is 0 Å². The van der Waals surface area contributed by atoms with E-state index in [1.165, 1.54) is 4.90 Å². The van der Waals surface area contributed by atoms with Crippen molar-refractivity contribution in [3.05, 3.63) is 34.3 Å². The van der Waals surface area contributed by atoms with E-state index >= 15 is 0 Å². The molecule has 0 spiro atoms. The smallest absolute Gasteiger partial charge is 0.407 e. The van der Waals surface area contributed by atoms with Crippen LogP contribution in [0.3, 0.4) is 0 Å². The molecular formula is C14H20BrNO2. The fourth-order valence-electron chi connectivity index (χ4n) is 1.73. The van der Waals surface area contributed by atoms with Gasteiger partial charge in [0, 0.05) is 17.6 Å². The fourth-order valence-corrected chi connectivity index (χ4v) is 1.99. The Hall–Kier alpha value is -1.03. The summed E-state index contributed by atoms with van der Waals surface area (Å²) in [6.07, 6.45) is -0.0996. The SMILES string of the molecule is CC(C)(C)CN(CCc1ccc(Br)cc1)C(=O)O. The summed E-state index contributed by atoms with van der Waals surface area (Å²) in [6.45, 7) is 7.22. The van der Waals surface area contributed by atoms with Crippen molar-refractivity contribution in [2.75, 3.05) is 13.1 Å². The highest BCUT2D eigenvalue weighted by Gasteiger charge is 2.19. The van der Waals surface area contributed by atoms with Crippen LogP contribution in [0.4, 0.5) is 4.79 Å². The molecular weight excluding hydrogens is 294 g/mol. The number of rotatable bonds is 4.